The number of piperazine rings is 1. The van der Waals surface area contributed by atoms with E-state index in [9.17, 15) is 22.8 Å². The van der Waals surface area contributed by atoms with Gasteiger partial charge in [-0.2, -0.15) is 13.2 Å². The molecule has 1 saturated heterocycles. The Bertz CT molecular complexity index is 1010. The fraction of sp³-hybridized carbons (Fsp3) is 0.364. The van der Waals surface area contributed by atoms with Gasteiger partial charge in [-0.3, -0.25) is 19.4 Å². The molecule has 32 heavy (non-hydrogen) atoms. The van der Waals surface area contributed by atoms with Gasteiger partial charge >= 0.3 is 6.18 Å². The molecule has 4 rings (SSSR count). The number of amides is 2. The van der Waals surface area contributed by atoms with Gasteiger partial charge in [-0.1, -0.05) is 29.8 Å². The Morgan fingerprint density at radius 3 is 2.47 bits per heavy atom. The molecule has 0 aromatic heterocycles. The van der Waals surface area contributed by atoms with Crippen LogP contribution in [0.15, 0.2) is 48.5 Å². The second-order valence-electron chi connectivity index (χ2n) is 7.83. The van der Waals surface area contributed by atoms with Crippen molar-refractivity contribution in [3.8, 4) is 0 Å². The van der Waals surface area contributed by atoms with Crippen molar-refractivity contribution in [2.75, 3.05) is 47.8 Å². The molecule has 1 fully saturated rings. The molecular formula is C22H22ClF3N4O2. The number of hydrogen-bond acceptors (Lipinski definition) is 4. The smallest absolute Gasteiger partial charge is 0.369 e. The number of benzene rings is 2. The molecule has 0 radical (unpaired) electrons. The number of hydrogen-bond donors (Lipinski definition) is 1. The Kier molecular flexibility index (Phi) is 6.30. The summed E-state index contributed by atoms with van der Waals surface area (Å²) in [6, 6.07) is 11.3. The highest BCUT2D eigenvalue weighted by molar-refractivity contribution is 6.30. The molecule has 2 aromatic carbocycles. The fourth-order valence-corrected chi connectivity index (χ4v) is 4.28. The highest BCUT2D eigenvalue weighted by Crippen LogP contribution is 2.37. The molecule has 10 heteroatoms. The van der Waals surface area contributed by atoms with Gasteiger partial charge in [-0.25, -0.2) is 0 Å². The van der Waals surface area contributed by atoms with E-state index in [0.29, 0.717) is 31.2 Å². The van der Waals surface area contributed by atoms with E-state index in [2.05, 4.69) is 10.2 Å². The monoisotopic (exact) mass is 466 g/mol. The van der Waals surface area contributed by atoms with Gasteiger partial charge in [0.2, 0.25) is 11.8 Å². The molecule has 0 saturated carbocycles. The summed E-state index contributed by atoms with van der Waals surface area (Å²) in [5, 5.41) is 3.10. The molecule has 0 aliphatic carbocycles. The van der Waals surface area contributed by atoms with E-state index in [0.717, 1.165) is 10.6 Å². The lowest BCUT2D eigenvalue weighted by molar-refractivity contribution is -0.158. The summed E-state index contributed by atoms with van der Waals surface area (Å²) in [5.74, 6) is -1.46. The SMILES string of the molecule is O=C1CC(C(F)(F)F)N(C(=O)CN2CCN(c3cccc(Cl)c3)CC2)c2ccccc2N1. The van der Waals surface area contributed by atoms with Crippen molar-refractivity contribution >= 4 is 40.5 Å². The third-order valence-corrected chi connectivity index (χ3v) is 5.91. The maximum absolute atomic E-state index is 13.8. The maximum atomic E-state index is 13.8. The topological polar surface area (TPSA) is 55.9 Å². The quantitative estimate of drug-likeness (QED) is 0.748. The number of halogens is 4. The lowest BCUT2D eigenvalue weighted by atomic mass is 10.1. The number of rotatable bonds is 3. The molecule has 2 amide bonds. The van der Waals surface area contributed by atoms with E-state index in [1.807, 2.05) is 23.1 Å². The highest BCUT2D eigenvalue weighted by Gasteiger charge is 2.49. The van der Waals surface area contributed by atoms with Gasteiger partial charge in [0.25, 0.3) is 0 Å². The average Bonchev–Trinajstić information content (AvgIpc) is 2.90. The largest absolute Gasteiger partial charge is 0.409 e. The molecule has 1 atom stereocenters. The van der Waals surface area contributed by atoms with Crippen LogP contribution in [-0.2, 0) is 9.59 Å². The molecule has 0 bridgehead atoms. The Morgan fingerprint density at radius 2 is 1.78 bits per heavy atom. The van der Waals surface area contributed by atoms with Gasteiger partial charge < -0.3 is 10.2 Å². The van der Waals surface area contributed by atoms with Crippen molar-refractivity contribution in [2.45, 2.75) is 18.6 Å². The first-order chi connectivity index (χ1) is 15.2. The van der Waals surface area contributed by atoms with Crippen LogP contribution < -0.4 is 15.1 Å². The molecule has 6 nitrogen and oxygen atoms in total. The van der Waals surface area contributed by atoms with E-state index in [1.54, 1.807) is 18.2 Å². The number of carbonyl (C=O) groups is 2. The van der Waals surface area contributed by atoms with Gasteiger partial charge in [0.1, 0.15) is 6.04 Å². The van der Waals surface area contributed by atoms with Crippen molar-refractivity contribution in [2.24, 2.45) is 0 Å². The van der Waals surface area contributed by atoms with Crippen LogP contribution in [-0.4, -0.2) is 61.7 Å². The van der Waals surface area contributed by atoms with Gasteiger partial charge in [0, 0.05) is 36.9 Å². The fourth-order valence-electron chi connectivity index (χ4n) is 4.10. The van der Waals surface area contributed by atoms with Crippen LogP contribution in [0.1, 0.15) is 6.42 Å². The van der Waals surface area contributed by atoms with E-state index in [4.69, 9.17) is 11.6 Å². The number of alkyl halides is 3. The Hall–Kier alpha value is -2.78. The summed E-state index contributed by atoms with van der Waals surface area (Å²) in [7, 11) is 0. The third kappa shape index (κ3) is 4.83. The molecule has 1 N–H and O–H groups in total. The lowest BCUT2D eigenvalue weighted by Gasteiger charge is -2.38. The first-order valence-corrected chi connectivity index (χ1v) is 10.6. The molecule has 1 unspecified atom stereocenters. The zero-order chi connectivity index (χ0) is 22.9. The summed E-state index contributed by atoms with van der Waals surface area (Å²) >= 11 is 6.05. The maximum Gasteiger partial charge on any atom is 0.409 e. The number of nitrogens with zero attached hydrogens (tertiary/aromatic N) is 3. The van der Waals surface area contributed by atoms with Crippen LogP contribution in [0, 0.1) is 0 Å². The zero-order valence-corrected chi connectivity index (χ0v) is 17.9. The zero-order valence-electron chi connectivity index (χ0n) is 17.1. The van der Waals surface area contributed by atoms with E-state index in [1.165, 1.54) is 12.1 Å². The van der Waals surface area contributed by atoms with Crippen LogP contribution >= 0.6 is 11.6 Å². The van der Waals surface area contributed by atoms with Crippen LogP contribution in [0.4, 0.5) is 30.2 Å². The number of anilines is 3. The number of fused-ring (bicyclic) bond motifs is 1. The molecular weight excluding hydrogens is 445 g/mol. The van der Waals surface area contributed by atoms with Crippen LogP contribution in [0.25, 0.3) is 0 Å². The van der Waals surface area contributed by atoms with Gasteiger partial charge in [0.05, 0.1) is 24.3 Å². The molecule has 2 aromatic rings. The van der Waals surface area contributed by atoms with Crippen molar-refractivity contribution < 1.29 is 22.8 Å². The van der Waals surface area contributed by atoms with Crippen molar-refractivity contribution in [1.29, 1.82) is 0 Å². The summed E-state index contributed by atoms with van der Waals surface area (Å²) in [5.41, 5.74) is 1.22. The second-order valence-corrected chi connectivity index (χ2v) is 8.27. The summed E-state index contributed by atoms with van der Waals surface area (Å²) in [6.45, 7) is 2.10. The van der Waals surface area contributed by atoms with Gasteiger partial charge in [0.15, 0.2) is 0 Å². The Balaban J connectivity index is 1.50. The summed E-state index contributed by atoms with van der Waals surface area (Å²) < 4.78 is 41.5. The first-order valence-electron chi connectivity index (χ1n) is 10.2. The normalized spacial score (nSPS) is 19.9. The average molecular weight is 467 g/mol. The molecule has 170 valence electrons. The van der Waals surface area contributed by atoms with Gasteiger partial charge in [-0.15, -0.1) is 0 Å². The highest BCUT2D eigenvalue weighted by atomic mass is 35.5. The summed E-state index contributed by atoms with van der Waals surface area (Å²) in [4.78, 5) is 29.9. The minimum absolute atomic E-state index is 0.0586. The number of nitrogens with one attached hydrogen (secondary N) is 1. The van der Waals surface area contributed by atoms with Crippen molar-refractivity contribution in [3.05, 3.63) is 53.6 Å². The predicted octanol–water partition coefficient (Wildman–Crippen LogP) is 3.77. The standard InChI is InChI=1S/C22H22ClF3N4O2/c23-15-4-3-5-16(12-15)29-10-8-28(9-11-29)14-21(32)30-18-7-2-1-6-17(18)27-20(31)13-19(30)22(24,25)26/h1-7,12,19H,8-11,13-14H2,(H,27,31). The first kappa shape index (κ1) is 22.4. The Morgan fingerprint density at radius 1 is 1.06 bits per heavy atom. The Labute approximate surface area is 188 Å². The molecule has 2 aliphatic heterocycles. The molecule has 2 heterocycles. The van der Waals surface area contributed by atoms with E-state index < -0.39 is 30.5 Å². The second kappa shape index (κ2) is 8.99. The predicted molar refractivity (Wildman–Crippen MR) is 117 cm³/mol. The van der Waals surface area contributed by atoms with E-state index in [-0.39, 0.29) is 17.9 Å². The van der Waals surface area contributed by atoms with Crippen LogP contribution in [0.3, 0.4) is 0 Å². The van der Waals surface area contributed by atoms with E-state index >= 15 is 0 Å². The minimum Gasteiger partial charge on any atom is -0.369 e. The molecule has 2 aliphatic rings. The lowest BCUT2D eigenvalue weighted by Crippen LogP contribution is -2.55. The number of carbonyl (C=O) groups excluding carboxylic acids is 2. The van der Waals surface area contributed by atoms with Crippen LogP contribution in [0.2, 0.25) is 5.02 Å². The third-order valence-electron chi connectivity index (χ3n) is 5.68. The van der Waals surface area contributed by atoms with Crippen molar-refractivity contribution in [1.82, 2.24) is 4.90 Å². The van der Waals surface area contributed by atoms with Gasteiger partial charge in [-0.05, 0) is 30.3 Å². The summed E-state index contributed by atoms with van der Waals surface area (Å²) in [6.07, 6.45) is -5.58. The van der Waals surface area contributed by atoms with Crippen LogP contribution in [0.5, 0.6) is 0 Å². The van der Waals surface area contributed by atoms with Crippen molar-refractivity contribution in [3.63, 3.8) is 0 Å². The minimum atomic E-state index is -4.74. The molecule has 0 spiro atoms. The number of para-hydroxylation sites is 2.